The lowest BCUT2D eigenvalue weighted by molar-refractivity contribution is -0.146. The zero-order valence-corrected chi connectivity index (χ0v) is 25.8. The van der Waals surface area contributed by atoms with Gasteiger partial charge in [-0.2, -0.15) is 0 Å². The molecule has 1 saturated carbocycles. The molecule has 1 aromatic heterocycles. The minimum absolute atomic E-state index is 0.0346. The van der Waals surface area contributed by atoms with Crippen LogP contribution in [0.25, 0.3) is 0 Å². The van der Waals surface area contributed by atoms with E-state index in [4.69, 9.17) is 0 Å². The van der Waals surface area contributed by atoms with Gasteiger partial charge in [-0.1, -0.05) is 39.2 Å². The molecule has 2 aliphatic heterocycles. The van der Waals surface area contributed by atoms with E-state index in [0.29, 0.717) is 32.5 Å². The molecule has 3 fully saturated rings. The highest BCUT2D eigenvalue weighted by molar-refractivity contribution is 7.89. The summed E-state index contributed by atoms with van der Waals surface area (Å²) in [5.41, 5.74) is 0. The van der Waals surface area contributed by atoms with Gasteiger partial charge in [0.05, 0.1) is 24.9 Å². The molecule has 1 aromatic rings. The molecule has 230 valence electrons. The maximum atomic E-state index is 14.3. The van der Waals surface area contributed by atoms with Crippen molar-refractivity contribution in [1.29, 1.82) is 0 Å². The zero-order chi connectivity index (χ0) is 29.6. The molecule has 3 aliphatic rings. The van der Waals surface area contributed by atoms with Crippen molar-refractivity contribution in [3.05, 3.63) is 22.4 Å². The van der Waals surface area contributed by atoms with Gasteiger partial charge in [-0.05, 0) is 49.0 Å². The minimum atomic E-state index is -3.35. The number of nitrogens with zero attached hydrogens (tertiary/aromatic N) is 3. The largest absolute Gasteiger partial charge is 0.465 e. The van der Waals surface area contributed by atoms with Crippen molar-refractivity contribution in [1.82, 2.24) is 24.7 Å². The van der Waals surface area contributed by atoms with Crippen molar-refractivity contribution in [2.45, 2.75) is 83.5 Å². The van der Waals surface area contributed by atoms with Crippen LogP contribution in [0.2, 0.25) is 0 Å². The van der Waals surface area contributed by atoms with Gasteiger partial charge in [0.15, 0.2) is 0 Å². The van der Waals surface area contributed by atoms with Gasteiger partial charge in [-0.15, -0.1) is 11.3 Å². The first-order valence-electron chi connectivity index (χ1n) is 14.9. The third kappa shape index (κ3) is 8.42. The zero-order valence-electron chi connectivity index (χ0n) is 24.2. The Kier molecular flexibility index (Phi) is 11.1. The average Bonchev–Trinajstić information content (AvgIpc) is 3.48. The van der Waals surface area contributed by atoms with Crippen LogP contribution in [0.5, 0.6) is 0 Å². The summed E-state index contributed by atoms with van der Waals surface area (Å²) in [5, 5.41) is 18.1. The molecule has 1 aliphatic carbocycles. The van der Waals surface area contributed by atoms with Crippen molar-refractivity contribution in [3.63, 3.8) is 0 Å². The molecule has 2 atom stereocenters. The molecule has 0 bridgehead atoms. The van der Waals surface area contributed by atoms with E-state index >= 15 is 0 Å². The summed E-state index contributed by atoms with van der Waals surface area (Å²) >= 11 is 1.52. The van der Waals surface area contributed by atoms with Crippen molar-refractivity contribution >= 4 is 39.3 Å². The standard InChI is InChI=1S/C28H45N5O6S2/c1-20(2)19-41(38,39)32-12-10-21(11-13-32)25(30-22-7-4-3-5-8-22)27(35)33-15-14-31(28(36)37)18-24(33)26(34)29-17-23-9-6-16-40-23/h6,9,16,20-22,24-25,30H,3-5,7-8,10-15,17-19H2,1-2H3,(H,29,34)(H,36,37)/t24-,25?/m0/s1. The van der Waals surface area contributed by atoms with Gasteiger partial charge < -0.3 is 25.5 Å². The molecule has 13 heteroatoms. The fourth-order valence-electron chi connectivity index (χ4n) is 6.27. The van der Waals surface area contributed by atoms with Crippen LogP contribution in [0.3, 0.4) is 0 Å². The highest BCUT2D eigenvalue weighted by atomic mass is 32.2. The SMILES string of the molecule is CC(C)CS(=O)(=O)N1CCC(C(NC2CCCCC2)C(=O)N2CCN(C(=O)O)C[C@H]2C(=O)NCc2cccs2)CC1. The summed E-state index contributed by atoms with van der Waals surface area (Å²) in [6.07, 6.45) is 5.30. The van der Waals surface area contributed by atoms with E-state index in [2.05, 4.69) is 10.6 Å². The number of piperazine rings is 1. The number of sulfonamides is 1. The second kappa shape index (κ2) is 14.3. The summed E-state index contributed by atoms with van der Waals surface area (Å²) in [5.74, 6) is -0.505. The second-order valence-electron chi connectivity index (χ2n) is 12.0. The van der Waals surface area contributed by atoms with E-state index in [1.54, 1.807) is 9.21 Å². The quantitative estimate of drug-likeness (QED) is 0.370. The predicted molar refractivity (Wildman–Crippen MR) is 158 cm³/mol. The first-order valence-corrected chi connectivity index (χ1v) is 17.4. The van der Waals surface area contributed by atoms with Crippen LogP contribution in [0.15, 0.2) is 17.5 Å². The maximum Gasteiger partial charge on any atom is 0.407 e. The Balaban J connectivity index is 1.51. The Morgan fingerprint density at radius 1 is 1.05 bits per heavy atom. The van der Waals surface area contributed by atoms with Crippen molar-refractivity contribution in [3.8, 4) is 0 Å². The molecule has 0 aromatic carbocycles. The number of thiophene rings is 1. The number of carbonyl (C=O) groups excluding carboxylic acids is 2. The molecule has 0 spiro atoms. The number of rotatable bonds is 10. The first-order chi connectivity index (χ1) is 19.5. The van der Waals surface area contributed by atoms with Crippen LogP contribution < -0.4 is 10.6 Å². The second-order valence-corrected chi connectivity index (χ2v) is 15.0. The normalized spacial score (nSPS) is 22.6. The number of carboxylic acid groups (broad SMARTS) is 1. The molecule has 1 unspecified atom stereocenters. The van der Waals surface area contributed by atoms with Gasteiger partial charge in [0.1, 0.15) is 6.04 Å². The van der Waals surface area contributed by atoms with E-state index in [0.717, 1.165) is 30.6 Å². The highest BCUT2D eigenvalue weighted by Gasteiger charge is 2.43. The van der Waals surface area contributed by atoms with Crippen LogP contribution in [0.4, 0.5) is 4.79 Å². The molecule has 0 radical (unpaired) electrons. The van der Waals surface area contributed by atoms with Gasteiger partial charge >= 0.3 is 6.09 Å². The van der Waals surface area contributed by atoms with E-state index in [1.165, 1.54) is 22.7 Å². The Morgan fingerprint density at radius 3 is 2.37 bits per heavy atom. The molecule has 2 saturated heterocycles. The highest BCUT2D eigenvalue weighted by Crippen LogP contribution is 2.28. The smallest absolute Gasteiger partial charge is 0.407 e. The number of hydrogen-bond acceptors (Lipinski definition) is 7. The van der Waals surface area contributed by atoms with Crippen LogP contribution in [-0.4, -0.2) is 102 Å². The van der Waals surface area contributed by atoms with Gasteiger partial charge in [-0.25, -0.2) is 17.5 Å². The van der Waals surface area contributed by atoms with Crippen LogP contribution >= 0.6 is 11.3 Å². The summed E-state index contributed by atoms with van der Waals surface area (Å²) in [6.45, 7) is 5.02. The molecule has 3 heterocycles. The van der Waals surface area contributed by atoms with E-state index < -0.39 is 28.2 Å². The number of nitrogens with one attached hydrogen (secondary N) is 2. The topological polar surface area (TPSA) is 139 Å². The Bertz CT molecular complexity index is 1130. The molecule has 4 rings (SSSR count). The maximum absolute atomic E-state index is 14.3. The van der Waals surface area contributed by atoms with E-state index in [-0.39, 0.29) is 55.1 Å². The predicted octanol–water partition coefficient (Wildman–Crippen LogP) is 2.54. The fourth-order valence-corrected chi connectivity index (χ4v) is 8.74. The monoisotopic (exact) mass is 611 g/mol. The van der Waals surface area contributed by atoms with Gasteiger partial charge in [0, 0.05) is 37.1 Å². The van der Waals surface area contributed by atoms with E-state index in [9.17, 15) is 27.9 Å². The number of piperidine rings is 1. The van der Waals surface area contributed by atoms with Crippen molar-refractivity contribution in [2.75, 3.05) is 38.5 Å². The molecule has 11 nitrogen and oxygen atoms in total. The summed E-state index contributed by atoms with van der Waals surface area (Å²) < 4.78 is 27.3. The lowest BCUT2D eigenvalue weighted by Crippen LogP contribution is -2.65. The summed E-state index contributed by atoms with van der Waals surface area (Å²) in [4.78, 5) is 43.2. The molecule has 41 heavy (non-hydrogen) atoms. The summed E-state index contributed by atoms with van der Waals surface area (Å²) in [6, 6.07) is 2.50. The molecular formula is C28H45N5O6S2. The minimum Gasteiger partial charge on any atom is -0.465 e. The Morgan fingerprint density at radius 2 is 1.76 bits per heavy atom. The summed E-state index contributed by atoms with van der Waals surface area (Å²) in [7, 11) is -3.35. The number of carbonyl (C=O) groups is 3. The lowest BCUT2D eigenvalue weighted by atomic mass is 9.86. The molecular weight excluding hydrogens is 566 g/mol. The first kappa shape index (κ1) is 31.7. The van der Waals surface area contributed by atoms with Gasteiger partial charge in [0.2, 0.25) is 21.8 Å². The third-order valence-corrected chi connectivity index (χ3v) is 11.6. The van der Waals surface area contributed by atoms with Crippen LogP contribution in [0, 0.1) is 11.8 Å². The number of amides is 3. The molecule has 3 N–H and O–H groups in total. The third-order valence-electron chi connectivity index (χ3n) is 8.45. The van der Waals surface area contributed by atoms with Crippen LogP contribution in [0.1, 0.15) is 63.7 Å². The fraction of sp³-hybridized carbons (Fsp3) is 0.750. The van der Waals surface area contributed by atoms with Crippen molar-refractivity contribution < 1.29 is 27.9 Å². The van der Waals surface area contributed by atoms with Gasteiger partial charge in [-0.3, -0.25) is 9.59 Å². The van der Waals surface area contributed by atoms with E-state index in [1.807, 2.05) is 31.4 Å². The average molecular weight is 612 g/mol. The Hall–Kier alpha value is -2.22. The molecule has 3 amide bonds. The van der Waals surface area contributed by atoms with Crippen LogP contribution in [-0.2, 0) is 26.2 Å². The number of hydrogen-bond donors (Lipinski definition) is 3. The van der Waals surface area contributed by atoms with Gasteiger partial charge in [0.25, 0.3) is 0 Å². The lowest BCUT2D eigenvalue weighted by Gasteiger charge is -2.44. The Labute approximate surface area is 247 Å². The van der Waals surface area contributed by atoms with Crippen molar-refractivity contribution in [2.24, 2.45) is 11.8 Å².